The minimum Gasteiger partial charge on any atom is -0.339 e. The van der Waals surface area contributed by atoms with E-state index in [9.17, 15) is 8.42 Å². The van der Waals surface area contributed by atoms with Crippen LogP contribution in [0.4, 0.5) is 0 Å². The Balaban J connectivity index is 2.66. The van der Waals surface area contributed by atoms with Crippen LogP contribution in [0.5, 0.6) is 0 Å². The minimum atomic E-state index is -3.20. The maximum atomic E-state index is 11.4. The molecule has 1 atom stereocenters. The van der Waals surface area contributed by atoms with Gasteiger partial charge in [-0.3, -0.25) is 0 Å². The summed E-state index contributed by atoms with van der Waals surface area (Å²) in [5.74, 6) is 0.713. The second kappa shape index (κ2) is 6.00. The van der Waals surface area contributed by atoms with Crippen LogP contribution in [0, 0.1) is 5.41 Å². The molecule has 0 spiro atoms. The van der Waals surface area contributed by atoms with Crippen molar-refractivity contribution in [3.05, 3.63) is 11.7 Å². The first kappa shape index (κ1) is 16.1. The first-order chi connectivity index (χ1) is 8.65. The number of hydrogen-bond acceptors (Lipinski definition) is 6. The molecule has 2 N–H and O–H groups in total. The van der Waals surface area contributed by atoms with E-state index in [4.69, 9.17) is 10.3 Å². The molecular weight excluding hydrogens is 266 g/mol. The fourth-order valence-corrected chi connectivity index (χ4v) is 2.17. The molecule has 6 nitrogen and oxygen atoms in total. The van der Waals surface area contributed by atoms with Gasteiger partial charge >= 0.3 is 0 Å². The van der Waals surface area contributed by atoms with Crippen LogP contribution in [0.3, 0.4) is 0 Å². The van der Waals surface area contributed by atoms with Gasteiger partial charge in [0.25, 0.3) is 0 Å². The highest BCUT2D eigenvalue weighted by Crippen LogP contribution is 2.26. The van der Waals surface area contributed by atoms with Gasteiger partial charge in [0.15, 0.2) is 15.7 Å². The molecule has 0 amide bonds. The summed E-state index contributed by atoms with van der Waals surface area (Å²) in [6.07, 6.45) is 3.60. The van der Waals surface area contributed by atoms with Crippen molar-refractivity contribution in [1.82, 2.24) is 10.1 Å². The lowest BCUT2D eigenvalue weighted by molar-refractivity contribution is 0.288. The lowest BCUT2D eigenvalue weighted by Crippen LogP contribution is -2.18. The molecule has 0 saturated carbocycles. The van der Waals surface area contributed by atoms with Crippen LogP contribution in [0.1, 0.15) is 50.6 Å². The third kappa shape index (κ3) is 4.91. The van der Waals surface area contributed by atoms with Crippen molar-refractivity contribution in [2.75, 3.05) is 12.8 Å². The van der Waals surface area contributed by atoms with Gasteiger partial charge in [-0.05, 0) is 31.7 Å². The molecule has 1 aromatic rings. The monoisotopic (exact) mass is 289 g/mol. The maximum absolute atomic E-state index is 11.4. The van der Waals surface area contributed by atoms with Gasteiger partial charge in [-0.15, -0.1) is 0 Å². The average Bonchev–Trinajstić information content (AvgIpc) is 2.72. The summed E-state index contributed by atoms with van der Waals surface area (Å²) in [7, 11) is -3.20. The van der Waals surface area contributed by atoms with E-state index in [2.05, 4.69) is 24.0 Å². The highest BCUT2D eigenvalue weighted by Gasteiger charge is 2.24. The second-order valence-corrected chi connectivity index (χ2v) is 8.09. The molecule has 0 aliphatic carbocycles. The van der Waals surface area contributed by atoms with Crippen LogP contribution in [-0.2, 0) is 16.3 Å². The molecular formula is C12H23N3O3S. The normalized spacial score (nSPS) is 14.6. The van der Waals surface area contributed by atoms with Gasteiger partial charge in [0.05, 0.1) is 0 Å². The van der Waals surface area contributed by atoms with E-state index in [1.807, 2.05) is 0 Å². The van der Waals surface area contributed by atoms with Gasteiger partial charge in [-0.2, -0.15) is 4.98 Å². The maximum Gasteiger partial charge on any atom is 0.226 e. The van der Waals surface area contributed by atoms with Crippen LogP contribution in [0.15, 0.2) is 4.52 Å². The zero-order valence-corrected chi connectivity index (χ0v) is 12.8. The van der Waals surface area contributed by atoms with E-state index in [-0.39, 0.29) is 11.2 Å². The van der Waals surface area contributed by atoms with E-state index in [0.29, 0.717) is 18.9 Å². The molecule has 7 heteroatoms. The molecule has 0 aromatic carbocycles. The second-order valence-electron chi connectivity index (χ2n) is 5.72. The Bertz CT molecular complexity index is 508. The van der Waals surface area contributed by atoms with E-state index >= 15 is 0 Å². The number of sulfone groups is 1. The molecule has 1 rings (SSSR count). The topological polar surface area (TPSA) is 99.1 Å². The highest BCUT2D eigenvalue weighted by molar-refractivity contribution is 7.90. The van der Waals surface area contributed by atoms with Gasteiger partial charge in [0.1, 0.15) is 5.25 Å². The third-order valence-electron chi connectivity index (χ3n) is 3.33. The van der Waals surface area contributed by atoms with Crippen molar-refractivity contribution in [1.29, 1.82) is 0 Å². The quantitative estimate of drug-likeness (QED) is 0.816. The van der Waals surface area contributed by atoms with E-state index in [1.165, 1.54) is 0 Å². The van der Waals surface area contributed by atoms with Crippen LogP contribution in [-0.4, -0.2) is 31.4 Å². The molecule has 19 heavy (non-hydrogen) atoms. The molecule has 0 aliphatic rings. The summed E-state index contributed by atoms with van der Waals surface area (Å²) in [5, 5.41) is 3.01. The number of aryl methyl sites for hydroxylation is 1. The van der Waals surface area contributed by atoms with Crippen molar-refractivity contribution in [3.8, 4) is 0 Å². The Hall–Kier alpha value is -0.950. The summed E-state index contributed by atoms with van der Waals surface area (Å²) in [4.78, 5) is 4.15. The molecule has 0 bridgehead atoms. The zero-order valence-electron chi connectivity index (χ0n) is 12.0. The SMILES string of the molecule is CC(c1noc(CCC(C)(C)CCN)n1)S(C)(=O)=O. The molecule has 1 heterocycles. The first-order valence-electron chi connectivity index (χ1n) is 6.37. The van der Waals surface area contributed by atoms with Crippen molar-refractivity contribution in [3.63, 3.8) is 0 Å². The highest BCUT2D eigenvalue weighted by atomic mass is 32.2. The van der Waals surface area contributed by atoms with Gasteiger partial charge in [-0.25, -0.2) is 8.42 Å². The standard InChI is InChI=1S/C12H23N3O3S/c1-9(19(4,16)17)11-14-10(18-15-11)5-6-12(2,3)7-8-13/h9H,5-8,13H2,1-4H3. The summed E-state index contributed by atoms with van der Waals surface area (Å²) >= 11 is 0. The number of nitrogens with zero attached hydrogens (tertiary/aromatic N) is 2. The van der Waals surface area contributed by atoms with Crippen molar-refractivity contribution < 1.29 is 12.9 Å². The van der Waals surface area contributed by atoms with E-state index in [1.54, 1.807) is 6.92 Å². The number of rotatable bonds is 7. The molecule has 0 radical (unpaired) electrons. The first-order valence-corrected chi connectivity index (χ1v) is 8.32. The van der Waals surface area contributed by atoms with Crippen LogP contribution in [0.2, 0.25) is 0 Å². The van der Waals surface area contributed by atoms with E-state index in [0.717, 1.165) is 19.1 Å². The fourth-order valence-electron chi connectivity index (χ4n) is 1.69. The number of nitrogens with two attached hydrogens (primary N) is 1. The van der Waals surface area contributed by atoms with Crippen molar-refractivity contribution in [2.24, 2.45) is 11.1 Å². The summed E-state index contributed by atoms with van der Waals surface area (Å²) < 4.78 is 27.9. The van der Waals surface area contributed by atoms with Crippen LogP contribution >= 0.6 is 0 Å². The lowest BCUT2D eigenvalue weighted by Gasteiger charge is -2.22. The van der Waals surface area contributed by atoms with Gasteiger partial charge in [0, 0.05) is 12.7 Å². The molecule has 110 valence electrons. The van der Waals surface area contributed by atoms with Gasteiger partial charge in [-0.1, -0.05) is 19.0 Å². The Kier molecular flexibility index (Phi) is 5.09. The predicted octanol–water partition coefficient (Wildman–Crippen LogP) is 1.48. The Morgan fingerprint density at radius 1 is 1.37 bits per heavy atom. The molecule has 0 aliphatic heterocycles. The molecule has 1 aromatic heterocycles. The smallest absolute Gasteiger partial charge is 0.226 e. The Morgan fingerprint density at radius 2 is 2.00 bits per heavy atom. The summed E-state index contributed by atoms with van der Waals surface area (Å²) in [6.45, 7) is 6.47. The Morgan fingerprint density at radius 3 is 2.53 bits per heavy atom. The van der Waals surface area contributed by atoms with Gasteiger partial charge in [0.2, 0.25) is 5.89 Å². The van der Waals surface area contributed by atoms with E-state index < -0.39 is 15.1 Å². The molecule has 0 fully saturated rings. The third-order valence-corrected chi connectivity index (χ3v) is 4.82. The number of aromatic nitrogens is 2. The minimum absolute atomic E-state index is 0.117. The zero-order chi connectivity index (χ0) is 14.7. The van der Waals surface area contributed by atoms with Crippen LogP contribution < -0.4 is 5.73 Å². The predicted molar refractivity (Wildman–Crippen MR) is 73.3 cm³/mol. The average molecular weight is 289 g/mol. The summed E-state index contributed by atoms with van der Waals surface area (Å²) in [5.41, 5.74) is 5.67. The van der Waals surface area contributed by atoms with Crippen molar-refractivity contribution in [2.45, 2.75) is 45.3 Å². The fraction of sp³-hybridized carbons (Fsp3) is 0.833. The van der Waals surface area contributed by atoms with Crippen molar-refractivity contribution >= 4 is 9.84 Å². The summed E-state index contributed by atoms with van der Waals surface area (Å²) in [6, 6.07) is 0. The molecule has 0 saturated heterocycles. The van der Waals surface area contributed by atoms with Gasteiger partial charge < -0.3 is 10.3 Å². The Labute approximate surface area is 114 Å². The largest absolute Gasteiger partial charge is 0.339 e. The lowest BCUT2D eigenvalue weighted by atomic mass is 9.84. The molecule has 1 unspecified atom stereocenters. The number of hydrogen-bond donors (Lipinski definition) is 1. The van der Waals surface area contributed by atoms with Crippen LogP contribution in [0.25, 0.3) is 0 Å².